The van der Waals surface area contributed by atoms with Crippen molar-refractivity contribution < 1.29 is 0 Å². The van der Waals surface area contributed by atoms with Crippen LogP contribution in [-0.4, -0.2) is 0 Å². The molecule has 0 heteroatoms. The minimum Gasteiger partial charge on any atom is -0.0953 e. The molecule has 0 aliphatic carbocycles. The van der Waals surface area contributed by atoms with Crippen molar-refractivity contribution in [2.45, 2.75) is 101 Å². The lowest BCUT2D eigenvalue weighted by Crippen LogP contribution is -2.07. The first kappa shape index (κ1) is 26.9. The second-order valence-electron chi connectivity index (χ2n) is 6.76. The van der Waals surface area contributed by atoms with Gasteiger partial charge in [0.2, 0.25) is 0 Å². The summed E-state index contributed by atoms with van der Waals surface area (Å²) < 4.78 is 0. The smallest absolute Gasteiger partial charge is 0.0165 e. The second-order valence-corrected chi connectivity index (χ2v) is 6.76. The zero-order valence-corrected chi connectivity index (χ0v) is 19.3. The van der Waals surface area contributed by atoms with E-state index in [0.717, 1.165) is 12.8 Å². The van der Waals surface area contributed by atoms with Gasteiger partial charge in [0.25, 0.3) is 0 Å². The SMILES string of the molecule is C=C(C(CCc1ccc(C)cc1)=C(C)C)C(CCC)CCC.CC.CC. The number of hydrogen-bond acceptors (Lipinski definition) is 0. The van der Waals surface area contributed by atoms with Crippen LogP contribution >= 0.6 is 0 Å². The summed E-state index contributed by atoms with van der Waals surface area (Å²) in [6.07, 6.45) is 7.27. The average Bonchev–Trinajstić information content (AvgIpc) is 2.66. The lowest BCUT2D eigenvalue weighted by molar-refractivity contribution is 0.506. The average molecular weight is 359 g/mol. The highest BCUT2D eigenvalue weighted by Gasteiger charge is 2.15. The molecule has 0 saturated carbocycles. The Morgan fingerprint density at radius 1 is 0.885 bits per heavy atom. The van der Waals surface area contributed by atoms with Crippen molar-refractivity contribution in [1.82, 2.24) is 0 Å². The van der Waals surface area contributed by atoms with Gasteiger partial charge < -0.3 is 0 Å². The molecule has 0 aromatic heterocycles. The highest BCUT2D eigenvalue weighted by atomic mass is 14.2. The van der Waals surface area contributed by atoms with E-state index in [4.69, 9.17) is 0 Å². The fraction of sp³-hybridized carbons (Fsp3) is 0.615. The van der Waals surface area contributed by atoms with Gasteiger partial charge in [0.15, 0.2) is 0 Å². The maximum Gasteiger partial charge on any atom is -0.0165 e. The van der Waals surface area contributed by atoms with E-state index in [-0.39, 0.29) is 0 Å². The molecule has 1 aromatic carbocycles. The molecule has 26 heavy (non-hydrogen) atoms. The molecule has 150 valence electrons. The van der Waals surface area contributed by atoms with Gasteiger partial charge in [-0.2, -0.15) is 0 Å². The van der Waals surface area contributed by atoms with Gasteiger partial charge >= 0.3 is 0 Å². The summed E-state index contributed by atoms with van der Waals surface area (Å²) in [6, 6.07) is 8.94. The van der Waals surface area contributed by atoms with Crippen LogP contribution in [0, 0.1) is 12.8 Å². The predicted molar refractivity (Wildman–Crippen MR) is 123 cm³/mol. The predicted octanol–water partition coefficient (Wildman–Crippen LogP) is 9.09. The normalized spacial score (nSPS) is 9.62. The van der Waals surface area contributed by atoms with Gasteiger partial charge in [-0.15, -0.1) is 0 Å². The molecule has 0 N–H and O–H groups in total. The van der Waals surface area contributed by atoms with E-state index in [0.29, 0.717) is 5.92 Å². The quantitative estimate of drug-likeness (QED) is 0.386. The van der Waals surface area contributed by atoms with Crippen LogP contribution in [-0.2, 0) is 6.42 Å². The summed E-state index contributed by atoms with van der Waals surface area (Å²) in [5.74, 6) is 0.665. The van der Waals surface area contributed by atoms with Gasteiger partial charge in [0, 0.05) is 0 Å². The summed E-state index contributed by atoms with van der Waals surface area (Å²) in [6.45, 7) is 23.7. The van der Waals surface area contributed by atoms with Crippen molar-refractivity contribution in [3.8, 4) is 0 Å². The largest absolute Gasteiger partial charge is 0.0953 e. The van der Waals surface area contributed by atoms with Crippen LogP contribution < -0.4 is 0 Å². The van der Waals surface area contributed by atoms with Crippen LogP contribution in [0.1, 0.15) is 98.6 Å². The zero-order valence-electron chi connectivity index (χ0n) is 19.3. The van der Waals surface area contributed by atoms with Crippen molar-refractivity contribution in [3.63, 3.8) is 0 Å². The summed E-state index contributed by atoms with van der Waals surface area (Å²) in [4.78, 5) is 0. The van der Waals surface area contributed by atoms with Gasteiger partial charge in [-0.25, -0.2) is 0 Å². The third kappa shape index (κ3) is 10.6. The van der Waals surface area contributed by atoms with E-state index in [1.165, 1.54) is 53.5 Å². The van der Waals surface area contributed by atoms with Crippen molar-refractivity contribution in [3.05, 3.63) is 58.7 Å². The lowest BCUT2D eigenvalue weighted by Gasteiger charge is -2.22. The Kier molecular flexibility index (Phi) is 17.7. The minimum absolute atomic E-state index is 0.665. The molecule has 0 fully saturated rings. The van der Waals surface area contributed by atoms with Gasteiger partial charge in [0.1, 0.15) is 0 Å². The van der Waals surface area contributed by atoms with Crippen molar-refractivity contribution in [2.24, 2.45) is 5.92 Å². The maximum absolute atomic E-state index is 4.48. The van der Waals surface area contributed by atoms with E-state index in [2.05, 4.69) is 65.5 Å². The first-order valence-corrected chi connectivity index (χ1v) is 10.9. The monoisotopic (exact) mass is 358 g/mol. The molecule has 0 radical (unpaired) electrons. The third-order valence-electron chi connectivity index (χ3n) is 4.54. The van der Waals surface area contributed by atoms with Gasteiger partial charge in [-0.1, -0.05) is 96.4 Å². The summed E-state index contributed by atoms with van der Waals surface area (Å²) in [5, 5.41) is 0. The Morgan fingerprint density at radius 3 is 1.73 bits per heavy atom. The first-order chi connectivity index (χ1) is 12.5. The molecular weight excluding hydrogens is 312 g/mol. The Hall–Kier alpha value is -1.30. The molecule has 0 aliphatic heterocycles. The van der Waals surface area contributed by atoms with Gasteiger partial charge in [0.05, 0.1) is 0 Å². The minimum atomic E-state index is 0.665. The van der Waals surface area contributed by atoms with Crippen LogP contribution in [0.5, 0.6) is 0 Å². The van der Waals surface area contributed by atoms with E-state index >= 15 is 0 Å². The van der Waals surface area contributed by atoms with Crippen LogP contribution in [0.4, 0.5) is 0 Å². The second kappa shape index (κ2) is 17.1. The molecule has 1 rings (SSSR count). The Bertz CT molecular complexity index is 477. The molecule has 0 heterocycles. The molecule has 0 unspecified atom stereocenters. The molecule has 1 aromatic rings. The van der Waals surface area contributed by atoms with Crippen molar-refractivity contribution in [1.29, 1.82) is 0 Å². The molecule has 0 nitrogen and oxygen atoms in total. The topological polar surface area (TPSA) is 0 Å². The molecule has 0 amide bonds. The lowest BCUT2D eigenvalue weighted by atomic mass is 9.83. The van der Waals surface area contributed by atoms with E-state index in [9.17, 15) is 0 Å². The first-order valence-electron chi connectivity index (χ1n) is 10.9. The third-order valence-corrected chi connectivity index (χ3v) is 4.54. The van der Waals surface area contributed by atoms with Crippen molar-refractivity contribution >= 4 is 0 Å². The Morgan fingerprint density at radius 2 is 1.35 bits per heavy atom. The molecule has 0 spiro atoms. The van der Waals surface area contributed by atoms with E-state index in [1.807, 2.05) is 27.7 Å². The van der Waals surface area contributed by atoms with E-state index in [1.54, 1.807) is 0 Å². The summed E-state index contributed by atoms with van der Waals surface area (Å²) in [7, 11) is 0. The number of allylic oxidation sites excluding steroid dienone is 3. The molecule has 0 bridgehead atoms. The standard InChI is InChI=1S/C22H34.2C2H6/c1-7-9-21(10-8-2)19(6)22(17(3)4)16-15-20-13-11-18(5)12-14-20;2*1-2/h11-14,21H,6-10,15-16H2,1-5H3;2*1-2H3. The van der Waals surface area contributed by atoms with E-state index < -0.39 is 0 Å². The molecule has 0 saturated heterocycles. The fourth-order valence-electron chi connectivity index (χ4n) is 3.19. The summed E-state index contributed by atoms with van der Waals surface area (Å²) >= 11 is 0. The molecule has 0 atom stereocenters. The Labute approximate surface area is 165 Å². The number of rotatable bonds is 9. The van der Waals surface area contributed by atoms with Crippen LogP contribution in [0.2, 0.25) is 0 Å². The number of hydrogen-bond donors (Lipinski definition) is 0. The number of benzene rings is 1. The number of aryl methyl sites for hydroxylation is 2. The van der Waals surface area contributed by atoms with Gasteiger partial charge in [-0.05, 0) is 69.1 Å². The zero-order chi connectivity index (χ0) is 20.5. The molecular formula is C26H46. The highest BCUT2D eigenvalue weighted by molar-refractivity contribution is 5.35. The summed E-state index contributed by atoms with van der Waals surface area (Å²) in [5.41, 5.74) is 7.11. The maximum atomic E-state index is 4.48. The van der Waals surface area contributed by atoms with Crippen LogP contribution in [0.3, 0.4) is 0 Å². The molecule has 0 aliphatic rings. The van der Waals surface area contributed by atoms with Gasteiger partial charge in [-0.3, -0.25) is 0 Å². The highest BCUT2D eigenvalue weighted by Crippen LogP contribution is 2.31. The van der Waals surface area contributed by atoms with Crippen LogP contribution in [0.25, 0.3) is 0 Å². The Balaban J connectivity index is 0. The fourth-order valence-corrected chi connectivity index (χ4v) is 3.19. The van der Waals surface area contributed by atoms with Crippen LogP contribution in [0.15, 0.2) is 47.6 Å². The van der Waals surface area contributed by atoms with Crippen molar-refractivity contribution in [2.75, 3.05) is 0 Å².